The lowest BCUT2D eigenvalue weighted by molar-refractivity contribution is -0.194. The molecule has 0 radical (unpaired) electrons. The molecule has 0 aliphatic carbocycles. The molecule has 0 atom stereocenters. The minimum Gasteiger partial charge on any atom is -0.465 e. The van der Waals surface area contributed by atoms with Gasteiger partial charge in [-0.15, -0.1) is 0 Å². The van der Waals surface area contributed by atoms with Crippen LogP contribution in [0.5, 0.6) is 0 Å². The monoisotopic (exact) mass is 278 g/mol. The molecule has 17 heavy (non-hydrogen) atoms. The number of methoxy groups -OCH3 is 1. The number of carbonyl (C=O) groups is 1. The molecule has 6 heteroatoms. The Morgan fingerprint density at radius 1 is 1.00 bits per heavy atom. The Morgan fingerprint density at radius 3 is 1.53 bits per heavy atom. The first-order chi connectivity index (χ1) is 7.46. The number of carbonyl (C=O) groups excluding carboxylic acids is 1. The predicted octanol–water partition coefficient (Wildman–Crippen LogP) is 2.97. The molecular weight excluding hydrogens is 252 g/mol. The maximum absolute atomic E-state index is 12.0. The van der Waals surface area contributed by atoms with Gasteiger partial charge in [-0.25, -0.2) is 4.79 Å². The summed E-state index contributed by atoms with van der Waals surface area (Å²) in [6, 6.07) is 0. The minimum absolute atomic E-state index is 0.426. The molecule has 4 nitrogen and oxygen atoms in total. The Bertz CT molecular complexity index is 250. The van der Waals surface area contributed by atoms with Gasteiger partial charge in [-0.05, 0) is 39.3 Å². The zero-order valence-corrected chi connectivity index (χ0v) is 14.3. The van der Waals surface area contributed by atoms with Crippen molar-refractivity contribution in [2.24, 2.45) is 0 Å². The fourth-order valence-electron chi connectivity index (χ4n) is 1.54. The summed E-state index contributed by atoms with van der Waals surface area (Å²) in [5, 5.41) is 0. The Balaban J connectivity index is 5.23. The van der Waals surface area contributed by atoms with E-state index in [2.05, 4.69) is 0 Å². The SMILES string of the molecule is CCC(O[Si](C)(C)C)(O[Si](C)(C)C)C(=O)OC. The first-order valence-electron chi connectivity index (χ1n) is 5.94. The van der Waals surface area contributed by atoms with Gasteiger partial charge in [0.1, 0.15) is 0 Å². The van der Waals surface area contributed by atoms with E-state index in [0.29, 0.717) is 6.42 Å². The van der Waals surface area contributed by atoms with Gasteiger partial charge in [0.15, 0.2) is 16.6 Å². The van der Waals surface area contributed by atoms with E-state index in [1.54, 1.807) is 0 Å². The van der Waals surface area contributed by atoms with Gasteiger partial charge in [0, 0.05) is 6.42 Å². The van der Waals surface area contributed by atoms with Crippen LogP contribution in [0.25, 0.3) is 0 Å². The van der Waals surface area contributed by atoms with Crippen molar-refractivity contribution in [2.45, 2.75) is 58.4 Å². The predicted molar refractivity (Wildman–Crippen MR) is 73.9 cm³/mol. The summed E-state index contributed by atoms with van der Waals surface area (Å²) in [6.07, 6.45) is 0.466. The fourth-order valence-corrected chi connectivity index (χ4v) is 4.14. The van der Waals surface area contributed by atoms with Gasteiger partial charge in [-0.1, -0.05) is 6.92 Å². The Morgan fingerprint density at radius 2 is 1.35 bits per heavy atom. The molecule has 0 amide bonds. The topological polar surface area (TPSA) is 44.8 Å². The van der Waals surface area contributed by atoms with E-state index in [1.807, 2.05) is 46.2 Å². The lowest BCUT2D eigenvalue weighted by Gasteiger charge is -2.39. The second-order valence-electron chi connectivity index (χ2n) is 6.03. The van der Waals surface area contributed by atoms with Crippen LogP contribution in [-0.2, 0) is 18.4 Å². The zero-order valence-electron chi connectivity index (χ0n) is 12.3. The van der Waals surface area contributed by atoms with Crippen molar-refractivity contribution in [3.8, 4) is 0 Å². The van der Waals surface area contributed by atoms with Crippen LogP contribution in [0, 0.1) is 0 Å². The molecule has 0 unspecified atom stereocenters. The van der Waals surface area contributed by atoms with E-state index in [-0.39, 0.29) is 0 Å². The zero-order chi connectivity index (χ0) is 13.9. The fraction of sp³-hybridized carbons (Fsp3) is 0.909. The summed E-state index contributed by atoms with van der Waals surface area (Å²) >= 11 is 0. The number of rotatable bonds is 6. The molecule has 102 valence electrons. The van der Waals surface area contributed by atoms with Crippen molar-refractivity contribution in [3.05, 3.63) is 0 Å². The van der Waals surface area contributed by atoms with Crippen LogP contribution in [0.3, 0.4) is 0 Å². The van der Waals surface area contributed by atoms with Gasteiger partial charge < -0.3 is 13.6 Å². The second kappa shape index (κ2) is 5.64. The third-order valence-electron chi connectivity index (χ3n) is 1.90. The molecule has 0 rings (SSSR count). The second-order valence-corrected chi connectivity index (χ2v) is 14.9. The van der Waals surface area contributed by atoms with Gasteiger partial charge in [0.05, 0.1) is 7.11 Å². The Hall–Kier alpha value is -0.176. The lowest BCUT2D eigenvalue weighted by Crippen LogP contribution is -2.55. The Kier molecular flexibility index (Phi) is 5.58. The van der Waals surface area contributed by atoms with Gasteiger partial charge >= 0.3 is 5.97 Å². The van der Waals surface area contributed by atoms with Crippen molar-refractivity contribution >= 4 is 22.6 Å². The molecule has 0 saturated heterocycles. The molecule has 0 fully saturated rings. The maximum Gasteiger partial charge on any atom is 0.364 e. The number of hydrogen-bond acceptors (Lipinski definition) is 4. The summed E-state index contributed by atoms with van der Waals surface area (Å²) in [7, 11) is -2.42. The molecule has 0 heterocycles. The smallest absolute Gasteiger partial charge is 0.364 e. The molecule has 0 N–H and O–H groups in total. The summed E-state index contributed by atoms with van der Waals surface area (Å²) < 4.78 is 16.8. The highest BCUT2D eigenvalue weighted by atomic mass is 28.4. The van der Waals surface area contributed by atoms with E-state index >= 15 is 0 Å². The van der Waals surface area contributed by atoms with Crippen LogP contribution >= 0.6 is 0 Å². The van der Waals surface area contributed by atoms with Crippen LogP contribution in [0.2, 0.25) is 39.3 Å². The normalized spacial score (nSPS) is 13.6. The summed E-state index contributed by atoms with van der Waals surface area (Å²) in [5.74, 6) is -1.64. The third kappa shape index (κ3) is 5.80. The molecule has 0 bridgehead atoms. The van der Waals surface area contributed by atoms with Crippen molar-refractivity contribution in [1.29, 1.82) is 0 Å². The van der Waals surface area contributed by atoms with E-state index in [0.717, 1.165) is 0 Å². The van der Waals surface area contributed by atoms with Gasteiger partial charge in [0.25, 0.3) is 5.79 Å². The van der Waals surface area contributed by atoms with Crippen LogP contribution < -0.4 is 0 Å². The lowest BCUT2D eigenvalue weighted by atomic mass is 10.2. The van der Waals surface area contributed by atoms with Crippen LogP contribution in [-0.4, -0.2) is 35.5 Å². The molecule has 0 spiro atoms. The van der Waals surface area contributed by atoms with Gasteiger partial charge in [-0.3, -0.25) is 0 Å². The van der Waals surface area contributed by atoms with E-state index in [4.69, 9.17) is 13.6 Å². The number of esters is 1. The molecule has 0 aliphatic rings. The average molecular weight is 278 g/mol. The van der Waals surface area contributed by atoms with E-state index < -0.39 is 28.4 Å². The first-order valence-corrected chi connectivity index (χ1v) is 12.8. The molecule has 0 aliphatic heterocycles. The van der Waals surface area contributed by atoms with E-state index in [1.165, 1.54) is 7.11 Å². The quantitative estimate of drug-likeness (QED) is 0.426. The summed E-state index contributed by atoms with van der Waals surface area (Å²) in [5.41, 5.74) is 0. The largest absolute Gasteiger partial charge is 0.465 e. The molecular formula is C11H26O4Si2. The maximum atomic E-state index is 12.0. The van der Waals surface area contributed by atoms with E-state index in [9.17, 15) is 4.79 Å². The van der Waals surface area contributed by atoms with Gasteiger partial charge in [0.2, 0.25) is 0 Å². The van der Waals surface area contributed by atoms with Crippen LogP contribution in [0.1, 0.15) is 13.3 Å². The standard InChI is InChI=1S/C11H26O4Si2/c1-9-11(10(12)13-2,14-16(3,4)5)15-17(6,7)8/h9H2,1-8H3. The van der Waals surface area contributed by atoms with Crippen LogP contribution in [0.15, 0.2) is 0 Å². The summed E-state index contributed by atoms with van der Waals surface area (Å²) in [4.78, 5) is 12.0. The van der Waals surface area contributed by atoms with Crippen molar-refractivity contribution < 1.29 is 18.4 Å². The number of ether oxygens (including phenoxy) is 1. The highest BCUT2D eigenvalue weighted by Crippen LogP contribution is 2.28. The molecule has 0 aromatic heterocycles. The van der Waals surface area contributed by atoms with Crippen molar-refractivity contribution in [3.63, 3.8) is 0 Å². The van der Waals surface area contributed by atoms with Crippen molar-refractivity contribution in [1.82, 2.24) is 0 Å². The Labute approximate surface area is 107 Å². The third-order valence-corrected chi connectivity index (χ3v) is 3.79. The molecule has 0 aromatic carbocycles. The highest BCUT2D eigenvalue weighted by Gasteiger charge is 2.46. The average Bonchev–Trinajstić information content (AvgIpc) is 2.10. The summed E-state index contributed by atoms with van der Waals surface area (Å²) in [6.45, 7) is 14.1. The van der Waals surface area contributed by atoms with Gasteiger partial charge in [-0.2, -0.15) is 0 Å². The minimum atomic E-state index is -1.90. The number of hydrogen-bond donors (Lipinski definition) is 0. The van der Waals surface area contributed by atoms with Crippen molar-refractivity contribution in [2.75, 3.05) is 7.11 Å². The van der Waals surface area contributed by atoms with Crippen LogP contribution in [0.4, 0.5) is 0 Å². The molecule has 0 aromatic rings. The molecule has 0 saturated carbocycles. The first kappa shape index (κ1) is 16.8. The highest BCUT2D eigenvalue weighted by molar-refractivity contribution is 6.71.